The molecule has 1 aliphatic rings. The molecule has 3 nitrogen and oxygen atoms in total. The van der Waals surface area contributed by atoms with Crippen molar-refractivity contribution in [3.05, 3.63) is 29.6 Å². The van der Waals surface area contributed by atoms with Crippen molar-refractivity contribution in [1.82, 2.24) is 0 Å². The number of anilines is 1. The summed E-state index contributed by atoms with van der Waals surface area (Å²) in [6, 6.07) is 4.75. The summed E-state index contributed by atoms with van der Waals surface area (Å²) in [4.78, 5) is 13.0. The van der Waals surface area contributed by atoms with Gasteiger partial charge in [0.25, 0.3) is 0 Å². The molecule has 0 spiro atoms. The van der Waals surface area contributed by atoms with Crippen molar-refractivity contribution in [2.24, 2.45) is 0 Å². The molecule has 92 valence electrons. The molecule has 1 aromatic rings. The van der Waals surface area contributed by atoms with Gasteiger partial charge in [0, 0.05) is 13.1 Å². The minimum Gasteiger partial charge on any atom is -0.478 e. The number of carboxylic acids is 1. The highest BCUT2D eigenvalue weighted by molar-refractivity contribution is 5.94. The largest absolute Gasteiger partial charge is 0.478 e. The van der Waals surface area contributed by atoms with Gasteiger partial charge in [0.2, 0.25) is 0 Å². The van der Waals surface area contributed by atoms with Crippen molar-refractivity contribution in [1.29, 1.82) is 0 Å². The maximum atomic E-state index is 13.5. The predicted octanol–water partition coefficient (Wildman–Crippen LogP) is 2.90. The fourth-order valence-corrected chi connectivity index (χ4v) is 2.51. The third kappa shape index (κ3) is 2.25. The van der Waals surface area contributed by atoms with Gasteiger partial charge >= 0.3 is 5.97 Å². The van der Waals surface area contributed by atoms with Crippen molar-refractivity contribution >= 4 is 11.7 Å². The highest BCUT2D eigenvalue weighted by atomic mass is 19.1. The molecule has 0 amide bonds. The molecule has 1 aliphatic carbocycles. The molecule has 0 bridgehead atoms. The predicted molar refractivity (Wildman–Crippen MR) is 64.0 cm³/mol. The molecule has 1 fully saturated rings. The summed E-state index contributed by atoms with van der Waals surface area (Å²) in [5.41, 5.74) is 0.256. The molecule has 0 aliphatic heterocycles. The number of carboxylic acid groups (broad SMARTS) is 1. The summed E-state index contributed by atoms with van der Waals surface area (Å²) >= 11 is 0. The van der Waals surface area contributed by atoms with E-state index in [2.05, 4.69) is 0 Å². The molecule has 0 atom stereocenters. The van der Waals surface area contributed by atoms with Gasteiger partial charge in [0.15, 0.2) is 0 Å². The average Bonchev–Trinajstić information content (AvgIpc) is 2.80. The minimum absolute atomic E-state index is 0.220. The molecule has 17 heavy (non-hydrogen) atoms. The minimum atomic E-state index is -1.21. The second-order valence-electron chi connectivity index (χ2n) is 4.49. The Morgan fingerprint density at radius 3 is 2.65 bits per heavy atom. The van der Waals surface area contributed by atoms with Gasteiger partial charge in [-0.2, -0.15) is 0 Å². The van der Waals surface area contributed by atoms with Crippen LogP contribution >= 0.6 is 0 Å². The summed E-state index contributed by atoms with van der Waals surface area (Å²) in [7, 11) is 1.84. The Labute approximate surface area is 99.9 Å². The monoisotopic (exact) mass is 237 g/mol. The molecule has 0 radical (unpaired) electrons. The van der Waals surface area contributed by atoms with Gasteiger partial charge in [-0.25, -0.2) is 9.18 Å². The van der Waals surface area contributed by atoms with E-state index in [0.717, 1.165) is 25.7 Å². The lowest BCUT2D eigenvalue weighted by Crippen LogP contribution is -2.30. The molecular weight excluding hydrogens is 221 g/mol. The number of benzene rings is 1. The van der Waals surface area contributed by atoms with E-state index in [1.807, 2.05) is 11.9 Å². The number of aromatic carboxylic acids is 1. The van der Waals surface area contributed by atoms with Crippen molar-refractivity contribution in [3.63, 3.8) is 0 Å². The molecule has 0 saturated heterocycles. The van der Waals surface area contributed by atoms with Crippen molar-refractivity contribution in [2.75, 3.05) is 11.9 Å². The van der Waals surface area contributed by atoms with Crippen molar-refractivity contribution in [3.8, 4) is 0 Å². The van der Waals surface area contributed by atoms with E-state index in [1.165, 1.54) is 6.07 Å². The lowest BCUT2D eigenvalue weighted by Gasteiger charge is -2.27. The molecule has 1 saturated carbocycles. The lowest BCUT2D eigenvalue weighted by molar-refractivity contribution is 0.0692. The van der Waals surface area contributed by atoms with E-state index in [9.17, 15) is 9.18 Å². The van der Waals surface area contributed by atoms with Crippen LogP contribution in [0.4, 0.5) is 10.1 Å². The number of hydrogen-bond donors (Lipinski definition) is 1. The zero-order chi connectivity index (χ0) is 12.4. The van der Waals surface area contributed by atoms with Crippen LogP contribution < -0.4 is 4.90 Å². The highest BCUT2D eigenvalue weighted by Gasteiger charge is 2.25. The van der Waals surface area contributed by atoms with E-state index in [4.69, 9.17) is 5.11 Å². The summed E-state index contributed by atoms with van der Waals surface area (Å²) in [6.07, 6.45) is 4.41. The van der Waals surface area contributed by atoms with Gasteiger partial charge in [-0.3, -0.25) is 0 Å². The summed E-state index contributed by atoms with van der Waals surface area (Å²) in [5.74, 6) is -1.87. The van der Waals surface area contributed by atoms with Gasteiger partial charge in [-0.15, -0.1) is 0 Å². The molecule has 2 rings (SSSR count). The van der Waals surface area contributed by atoms with Crippen molar-refractivity contribution in [2.45, 2.75) is 31.7 Å². The van der Waals surface area contributed by atoms with Gasteiger partial charge in [-0.1, -0.05) is 18.9 Å². The molecule has 1 aromatic carbocycles. The van der Waals surface area contributed by atoms with Gasteiger partial charge in [0.1, 0.15) is 11.4 Å². The van der Waals surface area contributed by atoms with Crippen LogP contribution in [0.5, 0.6) is 0 Å². The smallest absolute Gasteiger partial charge is 0.340 e. The molecule has 0 heterocycles. The topological polar surface area (TPSA) is 40.5 Å². The van der Waals surface area contributed by atoms with E-state index in [1.54, 1.807) is 12.1 Å². The SMILES string of the molecule is CN(c1cccc(F)c1C(=O)O)C1CCCC1. The Kier molecular flexibility index (Phi) is 3.31. The zero-order valence-electron chi connectivity index (χ0n) is 9.82. The fraction of sp³-hybridized carbons (Fsp3) is 0.462. The van der Waals surface area contributed by atoms with Crippen LogP contribution in [0.2, 0.25) is 0 Å². The van der Waals surface area contributed by atoms with E-state index < -0.39 is 11.8 Å². The van der Waals surface area contributed by atoms with Crippen molar-refractivity contribution < 1.29 is 14.3 Å². The van der Waals surface area contributed by atoms with Crippen LogP contribution in [0.25, 0.3) is 0 Å². The summed E-state index contributed by atoms with van der Waals surface area (Å²) < 4.78 is 13.5. The van der Waals surface area contributed by atoms with Gasteiger partial charge in [-0.05, 0) is 25.0 Å². The first-order valence-corrected chi connectivity index (χ1v) is 5.86. The summed E-state index contributed by atoms with van der Waals surface area (Å²) in [6.45, 7) is 0. The maximum Gasteiger partial charge on any atom is 0.340 e. The fourth-order valence-electron chi connectivity index (χ4n) is 2.51. The Morgan fingerprint density at radius 1 is 1.41 bits per heavy atom. The number of nitrogens with zero attached hydrogens (tertiary/aromatic N) is 1. The van der Waals surface area contributed by atoms with Crippen LogP contribution in [-0.4, -0.2) is 24.2 Å². The summed E-state index contributed by atoms with van der Waals surface area (Å²) in [5, 5.41) is 9.07. The Bertz CT molecular complexity index is 427. The maximum absolute atomic E-state index is 13.5. The Morgan fingerprint density at radius 2 is 2.06 bits per heavy atom. The number of rotatable bonds is 3. The van der Waals surface area contributed by atoms with Crippen LogP contribution in [0, 0.1) is 5.82 Å². The molecule has 1 N–H and O–H groups in total. The number of halogens is 1. The number of carbonyl (C=O) groups is 1. The first-order valence-electron chi connectivity index (χ1n) is 5.86. The number of hydrogen-bond acceptors (Lipinski definition) is 2. The first-order chi connectivity index (χ1) is 8.11. The third-order valence-electron chi connectivity index (χ3n) is 3.46. The van der Waals surface area contributed by atoms with E-state index in [-0.39, 0.29) is 5.56 Å². The van der Waals surface area contributed by atoms with Crippen LogP contribution in [0.15, 0.2) is 18.2 Å². The first kappa shape index (κ1) is 11.9. The van der Waals surface area contributed by atoms with Crippen LogP contribution in [-0.2, 0) is 0 Å². The van der Waals surface area contributed by atoms with E-state index >= 15 is 0 Å². The van der Waals surface area contributed by atoms with E-state index in [0.29, 0.717) is 11.7 Å². The normalized spacial score (nSPS) is 16.1. The standard InChI is InChI=1S/C13H16FNO2/c1-15(9-5-2-3-6-9)11-8-4-7-10(14)12(11)13(16)17/h4,7-9H,2-3,5-6H2,1H3,(H,16,17). The molecule has 0 aromatic heterocycles. The second kappa shape index (κ2) is 4.73. The lowest BCUT2D eigenvalue weighted by atomic mass is 10.1. The quantitative estimate of drug-likeness (QED) is 0.878. The van der Waals surface area contributed by atoms with Gasteiger partial charge in [0.05, 0.1) is 5.69 Å². The highest BCUT2D eigenvalue weighted by Crippen LogP contribution is 2.30. The molecule has 0 unspecified atom stereocenters. The van der Waals surface area contributed by atoms with Crippen LogP contribution in [0.3, 0.4) is 0 Å². The molecular formula is C13H16FNO2. The second-order valence-corrected chi connectivity index (χ2v) is 4.49. The molecule has 4 heteroatoms. The van der Waals surface area contributed by atoms with Gasteiger partial charge < -0.3 is 10.0 Å². The zero-order valence-corrected chi connectivity index (χ0v) is 9.82. The average molecular weight is 237 g/mol. The Hall–Kier alpha value is -1.58. The van der Waals surface area contributed by atoms with Crippen LogP contribution in [0.1, 0.15) is 36.0 Å². The third-order valence-corrected chi connectivity index (χ3v) is 3.46. The Balaban J connectivity index is 2.36.